The van der Waals surface area contributed by atoms with Gasteiger partial charge >= 0.3 is 0 Å². The minimum Gasteiger partial charge on any atom is -0.371 e. The summed E-state index contributed by atoms with van der Waals surface area (Å²) in [5.41, 5.74) is 4.97. The summed E-state index contributed by atoms with van der Waals surface area (Å²) < 4.78 is 0. The van der Waals surface area contributed by atoms with E-state index in [1.807, 2.05) is 30.3 Å². The highest BCUT2D eigenvalue weighted by molar-refractivity contribution is 8.93. The van der Waals surface area contributed by atoms with Crippen molar-refractivity contribution in [3.8, 4) is 0 Å². The number of benzene rings is 2. The van der Waals surface area contributed by atoms with Crippen LogP contribution in [0.3, 0.4) is 0 Å². The third kappa shape index (κ3) is 5.85. The summed E-state index contributed by atoms with van der Waals surface area (Å²) >= 11 is 0. The summed E-state index contributed by atoms with van der Waals surface area (Å²) in [7, 11) is 0. The lowest BCUT2D eigenvalue weighted by Gasteiger charge is -2.35. The van der Waals surface area contributed by atoms with Crippen LogP contribution in [0.5, 0.6) is 0 Å². The Morgan fingerprint density at radius 1 is 1.12 bits per heavy atom. The topological polar surface area (TPSA) is 32.3 Å². The number of anilines is 1. The molecular formula is C21H28Br2N2O. The number of hydrogen-bond acceptors (Lipinski definition) is 2. The van der Waals surface area contributed by atoms with Crippen LogP contribution in [-0.2, 0) is 11.3 Å². The van der Waals surface area contributed by atoms with Gasteiger partial charge in [0, 0.05) is 25.3 Å². The molecule has 3 nitrogen and oxygen atoms in total. The molecule has 1 fully saturated rings. The van der Waals surface area contributed by atoms with Crippen LogP contribution in [0.25, 0.3) is 0 Å². The number of rotatable bonds is 4. The summed E-state index contributed by atoms with van der Waals surface area (Å²) in [6.45, 7) is 6.72. The quantitative estimate of drug-likeness (QED) is 0.664. The molecule has 1 aliphatic heterocycles. The number of amides is 1. The molecule has 1 amide bonds. The number of nitrogens with zero attached hydrogens (tertiary/aromatic N) is 1. The van der Waals surface area contributed by atoms with Crippen molar-refractivity contribution in [1.29, 1.82) is 0 Å². The van der Waals surface area contributed by atoms with Crippen LogP contribution in [0, 0.1) is 19.8 Å². The Balaban J connectivity index is 0.00000169. The van der Waals surface area contributed by atoms with Crippen molar-refractivity contribution >= 4 is 45.6 Å². The summed E-state index contributed by atoms with van der Waals surface area (Å²) in [4.78, 5) is 14.9. The van der Waals surface area contributed by atoms with Gasteiger partial charge in [0.15, 0.2) is 0 Å². The Labute approximate surface area is 177 Å². The highest BCUT2D eigenvalue weighted by atomic mass is 79.9. The largest absolute Gasteiger partial charge is 0.371 e. The lowest BCUT2D eigenvalue weighted by Crippen LogP contribution is -2.43. The van der Waals surface area contributed by atoms with E-state index in [1.165, 1.54) is 16.8 Å². The molecule has 1 aliphatic rings. The average Bonchev–Trinajstić information content (AvgIpc) is 2.62. The zero-order valence-electron chi connectivity index (χ0n) is 15.4. The molecule has 1 unspecified atom stereocenters. The molecule has 1 heterocycles. The highest BCUT2D eigenvalue weighted by Crippen LogP contribution is 2.27. The van der Waals surface area contributed by atoms with Gasteiger partial charge < -0.3 is 10.2 Å². The zero-order chi connectivity index (χ0) is 16.9. The minimum absolute atomic E-state index is 0. The number of piperidine rings is 1. The third-order valence-electron chi connectivity index (χ3n) is 4.81. The predicted octanol–water partition coefficient (Wildman–Crippen LogP) is 4.99. The van der Waals surface area contributed by atoms with Gasteiger partial charge in [-0.25, -0.2) is 0 Å². The van der Waals surface area contributed by atoms with E-state index in [-0.39, 0.29) is 45.8 Å². The smallest absolute Gasteiger partial charge is 0.225 e. The first kappa shape index (κ1) is 22.7. The molecule has 0 radical (unpaired) electrons. The number of halogens is 2. The molecule has 5 heteroatoms. The van der Waals surface area contributed by atoms with E-state index in [4.69, 9.17) is 0 Å². The van der Waals surface area contributed by atoms with Gasteiger partial charge in [0.25, 0.3) is 0 Å². The van der Waals surface area contributed by atoms with Crippen molar-refractivity contribution < 1.29 is 4.79 Å². The van der Waals surface area contributed by atoms with E-state index in [0.717, 1.165) is 31.5 Å². The Bertz CT molecular complexity index is 706. The maximum atomic E-state index is 12.6. The molecule has 1 atom stereocenters. The molecule has 26 heavy (non-hydrogen) atoms. The van der Waals surface area contributed by atoms with Crippen molar-refractivity contribution in [2.45, 2.75) is 33.2 Å². The van der Waals surface area contributed by atoms with Crippen LogP contribution in [0.1, 0.15) is 29.5 Å². The van der Waals surface area contributed by atoms with Crippen LogP contribution in [-0.4, -0.2) is 19.0 Å². The lowest BCUT2D eigenvalue weighted by atomic mass is 9.95. The maximum absolute atomic E-state index is 12.6. The standard InChI is InChI=1S/C21H26N2O.2BrH/c1-16-10-11-17(2)20(13-16)23-12-6-9-19(15-23)21(24)22-14-18-7-4-3-5-8-18;;/h3-5,7-8,10-11,13,19H,6,9,12,14-15H2,1-2H3,(H,22,24);2*1H. The van der Waals surface area contributed by atoms with Gasteiger partial charge in [-0.1, -0.05) is 42.5 Å². The highest BCUT2D eigenvalue weighted by Gasteiger charge is 2.26. The van der Waals surface area contributed by atoms with E-state index in [1.54, 1.807) is 0 Å². The average molecular weight is 484 g/mol. The second-order valence-electron chi connectivity index (χ2n) is 6.78. The van der Waals surface area contributed by atoms with Gasteiger partial charge in [0.05, 0.1) is 5.92 Å². The van der Waals surface area contributed by atoms with Crippen molar-refractivity contribution in [3.05, 3.63) is 65.2 Å². The number of aryl methyl sites for hydroxylation is 2. The first-order valence-electron chi connectivity index (χ1n) is 8.77. The molecule has 3 rings (SSSR count). The molecule has 0 saturated carbocycles. The zero-order valence-corrected chi connectivity index (χ0v) is 18.8. The van der Waals surface area contributed by atoms with Crippen molar-refractivity contribution in [3.63, 3.8) is 0 Å². The van der Waals surface area contributed by atoms with Crippen LogP contribution in [0.15, 0.2) is 48.5 Å². The Morgan fingerprint density at radius 3 is 2.58 bits per heavy atom. The molecule has 2 aromatic rings. The number of carbonyl (C=O) groups is 1. The van der Waals surface area contributed by atoms with Crippen LogP contribution >= 0.6 is 34.0 Å². The second kappa shape index (κ2) is 10.7. The normalized spacial score (nSPS) is 16.2. The van der Waals surface area contributed by atoms with Crippen molar-refractivity contribution in [1.82, 2.24) is 5.32 Å². The van der Waals surface area contributed by atoms with E-state index >= 15 is 0 Å². The van der Waals surface area contributed by atoms with Gasteiger partial charge in [-0.15, -0.1) is 34.0 Å². The molecule has 2 aromatic carbocycles. The molecule has 0 spiro atoms. The molecule has 0 aliphatic carbocycles. The fraction of sp³-hybridized carbons (Fsp3) is 0.381. The van der Waals surface area contributed by atoms with Gasteiger partial charge in [-0.2, -0.15) is 0 Å². The Kier molecular flexibility index (Phi) is 9.37. The van der Waals surface area contributed by atoms with Crippen LogP contribution in [0.4, 0.5) is 5.69 Å². The van der Waals surface area contributed by atoms with E-state index in [2.05, 4.69) is 42.3 Å². The molecule has 142 valence electrons. The van der Waals surface area contributed by atoms with E-state index in [9.17, 15) is 4.79 Å². The fourth-order valence-electron chi connectivity index (χ4n) is 3.40. The molecule has 0 bridgehead atoms. The van der Waals surface area contributed by atoms with Crippen LogP contribution < -0.4 is 10.2 Å². The number of hydrogen-bond donors (Lipinski definition) is 1. The molecule has 0 aromatic heterocycles. The third-order valence-corrected chi connectivity index (χ3v) is 4.81. The second-order valence-corrected chi connectivity index (χ2v) is 6.78. The fourth-order valence-corrected chi connectivity index (χ4v) is 3.40. The van der Waals surface area contributed by atoms with Crippen molar-refractivity contribution in [2.24, 2.45) is 5.92 Å². The van der Waals surface area contributed by atoms with Crippen LogP contribution in [0.2, 0.25) is 0 Å². The summed E-state index contributed by atoms with van der Waals surface area (Å²) in [5, 5.41) is 3.10. The Morgan fingerprint density at radius 2 is 1.85 bits per heavy atom. The SMILES string of the molecule is Br.Br.Cc1ccc(C)c(N2CCCC(C(=O)NCc3ccccc3)C2)c1. The van der Waals surface area contributed by atoms with E-state index in [0.29, 0.717) is 6.54 Å². The van der Waals surface area contributed by atoms with E-state index < -0.39 is 0 Å². The minimum atomic E-state index is 0. The maximum Gasteiger partial charge on any atom is 0.225 e. The number of nitrogens with one attached hydrogen (secondary N) is 1. The summed E-state index contributed by atoms with van der Waals surface area (Å²) in [6.07, 6.45) is 2.04. The van der Waals surface area contributed by atoms with Gasteiger partial charge in [-0.05, 0) is 49.4 Å². The summed E-state index contributed by atoms with van der Waals surface area (Å²) in [5.74, 6) is 0.247. The summed E-state index contributed by atoms with van der Waals surface area (Å²) in [6, 6.07) is 16.6. The van der Waals surface area contributed by atoms with Gasteiger partial charge in [0.2, 0.25) is 5.91 Å². The Hall–Kier alpha value is -1.33. The first-order valence-corrected chi connectivity index (χ1v) is 8.77. The molecule has 1 N–H and O–H groups in total. The van der Waals surface area contributed by atoms with Gasteiger partial charge in [0.1, 0.15) is 0 Å². The lowest BCUT2D eigenvalue weighted by molar-refractivity contribution is -0.125. The predicted molar refractivity (Wildman–Crippen MR) is 120 cm³/mol. The van der Waals surface area contributed by atoms with Gasteiger partial charge in [-0.3, -0.25) is 4.79 Å². The monoisotopic (exact) mass is 482 g/mol. The first-order chi connectivity index (χ1) is 11.6. The molecule has 1 saturated heterocycles. The van der Waals surface area contributed by atoms with Crippen molar-refractivity contribution in [2.75, 3.05) is 18.0 Å². The number of carbonyl (C=O) groups excluding carboxylic acids is 1. The molecular weight excluding hydrogens is 456 g/mol.